The summed E-state index contributed by atoms with van der Waals surface area (Å²) in [7, 11) is 0. The van der Waals surface area contributed by atoms with Crippen LogP contribution >= 0.6 is 22.6 Å². The van der Waals surface area contributed by atoms with E-state index in [2.05, 4.69) is 9.72 Å². The third-order valence-electron chi connectivity index (χ3n) is 1.66. The molecule has 1 aromatic rings. The number of alkyl halides is 6. The fourth-order valence-electron chi connectivity index (χ4n) is 1.02. The lowest BCUT2D eigenvalue weighted by molar-refractivity contribution is -0.276. The van der Waals surface area contributed by atoms with Gasteiger partial charge in [0.2, 0.25) is 5.88 Å². The Morgan fingerprint density at radius 1 is 1.22 bits per heavy atom. The maximum absolute atomic E-state index is 12.5. The van der Waals surface area contributed by atoms with E-state index in [0.717, 1.165) is 22.6 Å². The SMILES string of the molecule is OCc1cc(C(F)(F)F)c(I)c(OC(F)(F)F)n1. The topological polar surface area (TPSA) is 42.4 Å². The van der Waals surface area contributed by atoms with Crippen molar-refractivity contribution in [2.75, 3.05) is 0 Å². The van der Waals surface area contributed by atoms with Crippen LogP contribution in [0, 0.1) is 3.57 Å². The first-order valence-corrected chi connectivity index (χ1v) is 5.25. The highest BCUT2D eigenvalue weighted by Crippen LogP contribution is 2.38. The molecule has 0 aliphatic carbocycles. The summed E-state index contributed by atoms with van der Waals surface area (Å²) in [6, 6.07) is 0.463. The number of pyridine rings is 1. The van der Waals surface area contributed by atoms with Crippen LogP contribution in [0.3, 0.4) is 0 Å². The second-order valence-corrected chi connectivity index (χ2v) is 4.06. The Morgan fingerprint density at radius 2 is 1.78 bits per heavy atom. The van der Waals surface area contributed by atoms with Crippen LogP contribution in [-0.4, -0.2) is 16.5 Å². The Morgan fingerprint density at radius 3 is 2.17 bits per heavy atom. The number of ether oxygens (including phenoxy) is 1. The zero-order valence-electron chi connectivity index (χ0n) is 8.23. The molecule has 0 atom stereocenters. The molecule has 1 aromatic heterocycles. The van der Waals surface area contributed by atoms with Gasteiger partial charge in [-0.15, -0.1) is 13.2 Å². The number of hydrogen-bond acceptors (Lipinski definition) is 3. The molecule has 1 rings (SSSR count). The van der Waals surface area contributed by atoms with Crippen LogP contribution in [0.25, 0.3) is 0 Å². The Kier molecular flexibility index (Phi) is 4.30. The minimum atomic E-state index is -5.16. The van der Waals surface area contributed by atoms with E-state index < -0.39 is 39.9 Å². The van der Waals surface area contributed by atoms with Crippen LogP contribution in [0.5, 0.6) is 5.88 Å². The summed E-state index contributed by atoms with van der Waals surface area (Å²) in [6.45, 7) is -0.936. The maximum Gasteiger partial charge on any atom is 0.574 e. The molecule has 0 unspecified atom stereocenters. The van der Waals surface area contributed by atoms with Crippen molar-refractivity contribution in [1.29, 1.82) is 0 Å². The molecule has 0 saturated heterocycles. The van der Waals surface area contributed by atoms with Gasteiger partial charge < -0.3 is 9.84 Å². The summed E-state index contributed by atoms with van der Waals surface area (Å²) >= 11 is 1.05. The van der Waals surface area contributed by atoms with Crippen molar-refractivity contribution in [2.45, 2.75) is 19.1 Å². The van der Waals surface area contributed by atoms with Gasteiger partial charge in [-0.2, -0.15) is 13.2 Å². The first kappa shape index (κ1) is 15.3. The quantitative estimate of drug-likeness (QED) is 0.627. The lowest BCUT2D eigenvalue weighted by Crippen LogP contribution is -2.21. The molecular formula is C8H4F6INO2. The van der Waals surface area contributed by atoms with Gasteiger partial charge in [0.1, 0.15) is 0 Å². The number of aliphatic hydroxyl groups is 1. The summed E-state index contributed by atoms with van der Waals surface area (Å²) in [5.74, 6) is -1.23. The highest BCUT2D eigenvalue weighted by molar-refractivity contribution is 14.1. The smallest absolute Gasteiger partial charge is 0.390 e. The van der Waals surface area contributed by atoms with Crippen molar-refractivity contribution in [3.05, 3.63) is 20.9 Å². The minimum absolute atomic E-state index is 0.463. The van der Waals surface area contributed by atoms with Gasteiger partial charge in [0, 0.05) is 0 Å². The van der Waals surface area contributed by atoms with Gasteiger partial charge in [-0.1, -0.05) is 0 Å². The second kappa shape index (κ2) is 5.07. The summed E-state index contributed by atoms with van der Waals surface area (Å²) in [6.07, 6.45) is -10.0. The predicted molar refractivity (Wildman–Crippen MR) is 54.6 cm³/mol. The van der Waals surface area contributed by atoms with Crippen molar-refractivity contribution in [3.63, 3.8) is 0 Å². The monoisotopic (exact) mass is 387 g/mol. The van der Waals surface area contributed by atoms with Crippen LogP contribution in [0.2, 0.25) is 0 Å². The zero-order chi connectivity index (χ0) is 14.1. The predicted octanol–water partition coefficient (Wildman–Crippen LogP) is 3.10. The van der Waals surface area contributed by atoms with Crippen LogP contribution in [0.1, 0.15) is 11.3 Å². The van der Waals surface area contributed by atoms with Gasteiger partial charge in [-0.05, 0) is 28.7 Å². The molecule has 102 valence electrons. The largest absolute Gasteiger partial charge is 0.574 e. The minimum Gasteiger partial charge on any atom is -0.390 e. The Labute approximate surface area is 110 Å². The summed E-state index contributed by atoms with van der Waals surface area (Å²) in [5, 5.41) is 8.67. The number of hydrogen-bond donors (Lipinski definition) is 1. The lowest BCUT2D eigenvalue weighted by atomic mass is 10.2. The van der Waals surface area contributed by atoms with E-state index in [-0.39, 0.29) is 0 Å². The molecule has 0 aromatic carbocycles. The number of aliphatic hydroxyl groups excluding tert-OH is 1. The molecule has 1 N–H and O–H groups in total. The molecule has 0 aliphatic rings. The van der Waals surface area contributed by atoms with Gasteiger partial charge in [0.25, 0.3) is 0 Å². The molecular weight excluding hydrogens is 383 g/mol. The normalized spacial score (nSPS) is 12.7. The molecule has 0 aliphatic heterocycles. The highest BCUT2D eigenvalue weighted by atomic mass is 127. The van der Waals surface area contributed by atoms with Gasteiger partial charge in [-0.25, -0.2) is 4.98 Å². The van der Waals surface area contributed by atoms with Crippen LogP contribution < -0.4 is 4.74 Å². The van der Waals surface area contributed by atoms with E-state index in [9.17, 15) is 26.3 Å². The number of halogens is 7. The molecule has 0 amide bonds. The van der Waals surface area contributed by atoms with Crippen LogP contribution in [-0.2, 0) is 12.8 Å². The fourth-order valence-corrected chi connectivity index (χ4v) is 1.71. The third-order valence-corrected chi connectivity index (χ3v) is 2.70. The van der Waals surface area contributed by atoms with E-state index in [1.165, 1.54) is 0 Å². The molecule has 0 saturated carbocycles. The highest BCUT2D eigenvalue weighted by Gasteiger charge is 2.38. The maximum atomic E-state index is 12.5. The first-order chi connectivity index (χ1) is 8.04. The van der Waals surface area contributed by atoms with Crippen molar-refractivity contribution in [2.24, 2.45) is 0 Å². The number of nitrogens with zero attached hydrogens (tertiary/aromatic N) is 1. The summed E-state index contributed by atoms with van der Waals surface area (Å²) in [5.41, 5.74) is -1.91. The van der Waals surface area contributed by atoms with Crippen molar-refractivity contribution in [3.8, 4) is 5.88 Å². The third kappa shape index (κ3) is 3.86. The lowest BCUT2D eigenvalue weighted by Gasteiger charge is -2.15. The molecule has 18 heavy (non-hydrogen) atoms. The first-order valence-electron chi connectivity index (χ1n) is 4.18. The average Bonchev–Trinajstić information content (AvgIpc) is 2.17. The van der Waals surface area contributed by atoms with E-state index in [0.29, 0.717) is 6.07 Å². The number of rotatable bonds is 2. The standard InChI is InChI=1S/C8H4F6INO2/c9-7(10,11)4-1-3(2-17)16-6(5(4)15)18-8(12,13)14/h1,17H,2H2. The van der Waals surface area contributed by atoms with E-state index in [1.54, 1.807) is 0 Å². The zero-order valence-corrected chi connectivity index (χ0v) is 10.4. The molecule has 0 fully saturated rings. The molecule has 0 radical (unpaired) electrons. The summed E-state index contributed by atoms with van der Waals surface area (Å²) in [4.78, 5) is 3.15. The van der Waals surface area contributed by atoms with Crippen molar-refractivity contribution >= 4 is 22.6 Å². The van der Waals surface area contributed by atoms with Crippen molar-refractivity contribution in [1.82, 2.24) is 4.98 Å². The Balaban J connectivity index is 3.34. The van der Waals surface area contributed by atoms with E-state index >= 15 is 0 Å². The van der Waals surface area contributed by atoms with Gasteiger partial charge >= 0.3 is 12.5 Å². The van der Waals surface area contributed by atoms with E-state index in [1.807, 2.05) is 0 Å². The summed E-state index contributed by atoms with van der Waals surface area (Å²) < 4.78 is 76.1. The van der Waals surface area contributed by atoms with Gasteiger partial charge in [0.15, 0.2) is 0 Å². The molecule has 1 heterocycles. The molecule has 10 heteroatoms. The molecule has 0 bridgehead atoms. The van der Waals surface area contributed by atoms with Crippen molar-refractivity contribution < 1.29 is 36.2 Å². The average molecular weight is 387 g/mol. The van der Waals surface area contributed by atoms with Crippen LogP contribution in [0.4, 0.5) is 26.3 Å². The fraction of sp³-hybridized carbons (Fsp3) is 0.375. The Bertz CT molecular complexity index is 444. The molecule has 0 spiro atoms. The van der Waals surface area contributed by atoms with Gasteiger partial charge in [-0.3, -0.25) is 0 Å². The second-order valence-electron chi connectivity index (χ2n) is 2.98. The number of aromatic nitrogens is 1. The van der Waals surface area contributed by atoms with E-state index in [4.69, 9.17) is 5.11 Å². The van der Waals surface area contributed by atoms with Gasteiger partial charge in [0.05, 0.1) is 21.4 Å². The Hall–Kier alpha value is -0.780. The van der Waals surface area contributed by atoms with Crippen LogP contribution in [0.15, 0.2) is 6.07 Å². The molecule has 3 nitrogen and oxygen atoms in total.